The fourth-order valence-electron chi connectivity index (χ4n) is 2.81. The number of hydrogen-bond acceptors (Lipinski definition) is 5. The molecule has 0 bridgehead atoms. The summed E-state index contributed by atoms with van der Waals surface area (Å²) in [7, 11) is 0. The molecule has 1 N–H and O–H groups in total. The Hall–Kier alpha value is -3.06. The van der Waals surface area contributed by atoms with Crippen LogP contribution < -0.4 is 10.1 Å². The molecule has 0 aliphatic carbocycles. The fourth-order valence-corrected chi connectivity index (χ4v) is 3.58. The van der Waals surface area contributed by atoms with E-state index in [1.165, 1.54) is 17.3 Å². The summed E-state index contributed by atoms with van der Waals surface area (Å²) in [4.78, 5) is 12.4. The van der Waals surface area contributed by atoms with Crippen molar-refractivity contribution in [3.8, 4) is 5.75 Å². The summed E-state index contributed by atoms with van der Waals surface area (Å²) in [6, 6.07) is 13.8. The molecule has 2 aromatic carbocycles. The number of thioether (sulfide) groups is 1. The number of anilines is 1. The Labute approximate surface area is 181 Å². The second-order valence-electron chi connectivity index (χ2n) is 7.06. The average molecular weight is 423 g/mol. The standard InChI is InChI=1S/C23H26N4O2S/c1-5-12-27-21(14-29-19-10-7-16(2)8-11-19)25-26-23(27)30-15-22(28)24-20-13-17(3)6-9-18(20)4/h5-11,13H,1,12,14-15H2,2-4H3,(H,24,28). The number of rotatable bonds is 9. The molecule has 0 saturated carbocycles. The van der Waals surface area contributed by atoms with Gasteiger partial charge in [-0.1, -0.05) is 47.7 Å². The quantitative estimate of drug-likeness (QED) is 0.400. The van der Waals surface area contributed by atoms with Gasteiger partial charge in [-0.15, -0.1) is 16.8 Å². The zero-order valence-electron chi connectivity index (χ0n) is 17.5. The molecule has 3 aromatic rings. The van der Waals surface area contributed by atoms with Crippen LogP contribution in [0.4, 0.5) is 5.69 Å². The Kier molecular flexibility index (Phi) is 7.30. The highest BCUT2D eigenvalue weighted by Crippen LogP contribution is 2.21. The number of aromatic nitrogens is 3. The number of benzene rings is 2. The third-order valence-corrected chi connectivity index (χ3v) is 5.46. The van der Waals surface area contributed by atoms with Crippen LogP contribution in [0.5, 0.6) is 5.75 Å². The Morgan fingerprint density at radius 2 is 1.87 bits per heavy atom. The lowest BCUT2D eigenvalue weighted by molar-refractivity contribution is -0.113. The fraction of sp³-hybridized carbons (Fsp3) is 0.261. The smallest absolute Gasteiger partial charge is 0.234 e. The molecule has 0 saturated heterocycles. The predicted octanol–water partition coefficient (Wildman–Crippen LogP) is 4.70. The first-order valence-corrected chi connectivity index (χ1v) is 10.7. The van der Waals surface area contributed by atoms with Crippen molar-refractivity contribution >= 4 is 23.4 Å². The summed E-state index contributed by atoms with van der Waals surface area (Å²) in [6.45, 7) is 10.7. The van der Waals surface area contributed by atoms with Crippen molar-refractivity contribution in [1.29, 1.82) is 0 Å². The van der Waals surface area contributed by atoms with Crippen LogP contribution >= 0.6 is 11.8 Å². The van der Waals surface area contributed by atoms with Gasteiger partial charge >= 0.3 is 0 Å². The third kappa shape index (κ3) is 5.73. The summed E-state index contributed by atoms with van der Waals surface area (Å²) in [5, 5.41) is 12.1. The SMILES string of the molecule is C=CCn1c(COc2ccc(C)cc2)nnc1SCC(=O)Nc1cc(C)ccc1C. The minimum absolute atomic E-state index is 0.0840. The number of amides is 1. The van der Waals surface area contributed by atoms with Gasteiger partial charge in [0.2, 0.25) is 5.91 Å². The highest BCUT2D eigenvalue weighted by atomic mass is 32.2. The summed E-state index contributed by atoms with van der Waals surface area (Å²) in [6.07, 6.45) is 1.78. The number of nitrogens with zero attached hydrogens (tertiary/aromatic N) is 3. The molecule has 7 heteroatoms. The molecule has 0 fully saturated rings. The maximum atomic E-state index is 12.4. The molecule has 0 unspecified atom stereocenters. The van der Waals surface area contributed by atoms with Gasteiger partial charge in [-0.25, -0.2) is 0 Å². The lowest BCUT2D eigenvalue weighted by Crippen LogP contribution is -2.15. The molecule has 0 aliphatic heterocycles. The van der Waals surface area contributed by atoms with Crippen molar-refractivity contribution in [2.24, 2.45) is 0 Å². The molecule has 3 rings (SSSR count). The van der Waals surface area contributed by atoms with Crippen LogP contribution in [0.1, 0.15) is 22.5 Å². The second-order valence-corrected chi connectivity index (χ2v) is 8.00. The zero-order chi connectivity index (χ0) is 21.5. The van der Waals surface area contributed by atoms with E-state index in [-0.39, 0.29) is 11.7 Å². The normalized spacial score (nSPS) is 10.6. The number of carbonyl (C=O) groups excluding carboxylic acids is 1. The largest absolute Gasteiger partial charge is 0.486 e. The van der Waals surface area contributed by atoms with E-state index in [1.54, 1.807) is 6.08 Å². The monoisotopic (exact) mass is 422 g/mol. The van der Waals surface area contributed by atoms with Crippen molar-refractivity contribution in [2.75, 3.05) is 11.1 Å². The maximum absolute atomic E-state index is 12.4. The second kappa shape index (κ2) is 10.1. The van der Waals surface area contributed by atoms with Crippen LogP contribution in [0.15, 0.2) is 60.3 Å². The van der Waals surface area contributed by atoms with E-state index in [9.17, 15) is 4.79 Å². The van der Waals surface area contributed by atoms with Crippen LogP contribution in [-0.2, 0) is 17.9 Å². The Morgan fingerprint density at radius 1 is 1.13 bits per heavy atom. The molecule has 156 valence electrons. The molecule has 1 heterocycles. The van der Waals surface area contributed by atoms with Gasteiger partial charge in [0, 0.05) is 12.2 Å². The summed E-state index contributed by atoms with van der Waals surface area (Å²) < 4.78 is 7.74. The highest BCUT2D eigenvalue weighted by molar-refractivity contribution is 7.99. The predicted molar refractivity (Wildman–Crippen MR) is 121 cm³/mol. The highest BCUT2D eigenvalue weighted by Gasteiger charge is 2.14. The topological polar surface area (TPSA) is 69.0 Å². The number of nitrogens with one attached hydrogen (secondary N) is 1. The van der Waals surface area contributed by atoms with E-state index in [2.05, 4.69) is 22.1 Å². The molecule has 6 nitrogen and oxygen atoms in total. The van der Waals surface area contributed by atoms with Gasteiger partial charge in [-0.05, 0) is 50.1 Å². The van der Waals surface area contributed by atoms with Crippen molar-refractivity contribution in [1.82, 2.24) is 14.8 Å². The van der Waals surface area contributed by atoms with E-state index in [0.717, 1.165) is 22.6 Å². The van der Waals surface area contributed by atoms with Crippen molar-refractivity contribution in [2.45, 2.75) is 39.1 Å². The number of hydrogen-bond donors (Lipinski definition) is 1. The third-order valence-electron chi connectivity index (χ3n) is 4.49. The van der Waals surface area contributed by atoms with Gasteiger partial charge in [-0.2, -0.15) is 0 Å². The molecule has 1 aromatic heterocycles. The van der Waals surface area contributed by atoms with Gasteiger partial charge in [0.15, 0.2) is 11.0 Å². The molecular formula is C23H26N4O2S. The first kappa shape index (κ1) is 21.6. The Bertz CT molecular complexity index is 1030. The minimum atomic E-state index is -0.0840. The molecule has 1 amide bonds. The van der Waals surface area contributed by atoms with Crippen molar-refractivity contribution in [3.05, 3.63) is 77.6 Å². The number of aryl methyl sites for hydroxylation is 3. The van der Waals surface area contributed by atoms with Crippen LogP contribution in [-0.4, -0.2) is 26.4 Å². The molecule has 0 atom stereocenters. The van der Waals surface area contributed by atoms with Crippen molar-refractivity contribution < 1.29 is 9.53 Å². The van der Waals surface area contributed by atoms with Gasteiger partial charge in [0.1, 0.15) is 12.4 Å². The van der Waals surface area contributed by atoms with Gasteiger partial charge in [0.05, 0.1) is 5.75 Å². The van der Waals surface area contributed by atoms with Crippen LogP contribution in [0, 0.1) is 20.8 Å². The molecule has 0 aliphatic rings. The Morgan fingerprint density at radius 3 is 2.60 bits per heavy atom. The van der Waals surface area contributed by atoms with E-state index in [0.29, 0.717) is 24.1 Å². The lowest BCUT2D eigenvalue weighted by Gasteiger charge is -2.10. The molecule has 0 radical (unpaired) electrons. The molecular weight excluding hydrogens is 396 g/mol. The number of carbonyl (C=O) groups is 1. The van der Waals surface area contributed by atoms with Crippen LogP contribution in [0.3, 0.4) is 0 Å². The first-order valence-electron chi connectivity index (χ1n) is 9.68. The summed E-state index contributed by atoms with van der Waals surface area (Å²) in [5.41, 5.74) is 4.15. The van der Waals surface area contributed by atoms with Gasteiger partial charge in [0.25, 0.3) is 0 Å². The molecule has 0 spiro atoms. The first-order chi connectivity index (χ1) is 14.5. The van der Waals surface area contributed by atoms with Gasteiger partial charge in [-0.3, -0.25) is 9.36 Å². The van der Waals surface area contributed by atoms with E-state index >= 15 is 0 Å². The van der Waals surface area contributed by atoms with E-state index in [4.69, 9.17) is 4.74 Å². The summed E-state index contributed by atoms with van der Waals surface area (Å²) in [5.74, 6) is 1.62. The van der Waals surface area contributed by atoms with Crippen LogP contribution in [0.25, 0.3) is 0 Å². The molecule has 30 heavy (non-hydrogen) atoms. The Balaban J connectivity index is 1.62. The summed E-state index contributed by atoms with van der Waals surface area (Å²) >= 11 is 1.34. The zero-order valence-corrected chi connectivity index (χ0v) is 18.3. The average Bonchev–Trinajstić information content (AvgIpc) is 3.11. The number of ether oxygens (including phenoxy) is 1. The van der Waals surface area contributed by atoms with E-state index in [1.807, 2.05) is 67.8 Å². The minimum Gasteiger partial charge on any atom is -0.486 e. The van der Waals surface area contributed by atoms with Gasteiger partial charge < -0.3 is 10.1 Å². The van der Waals surface area contributed by atoms with Crippen molar-refractivity contribution in [3.63, 3.8) is 0 Å². The lowest BCUT2D eigenvalue weighted by atomic mass is 10.1. The van der Waals surface area contributed by atoms with E-state index < -0.39 is 0 Å². The number of allylic oxidation sites excluding steroid dienone is 1. The maximum Gasteiger partial charge on any atom is 0.234 e. The van der Waals surface area contributed by atoms with Crippen LogP contribution in [0.2, 0.25) is 0 Å².